The lowest BCUT2D eigenvalue weighted by molar-refractivity contribution is -0.148. The van der Waals surface area contributed by atoms with E-state index in [0.29, 0.717) is 11.3 Å². The number of para-hydroxylation sites is 1. The van der Waals surface area contributed by atoms with Crippen LogP contribution in [0.3, 0.4) is 0 Å². The third kappa shape index (κ3) is 6.35. The topological polar surface area (TPSA) is 64.6 Å². The Kier molecular flexibility index (Phi) is 6.84. The van der Waals surface area contributed by atoms with E-state index >= 15 is 0 Å². The van der Waals surface area contributed by atoms with Gasteiger partial charge in [0.2, 0.25) is 0 Å². The molecule has 0 bridgehead atoms. The van der Waals surface area contributed by atoms with Crippen LogP contribution in [-0.2, 0) is 14.3 Å². The lowest BCUT2D eigenvalue weighted by Crippen LogP contribution is -2.29. The maximum Gasteiger partial charge on any atom is 0.387 e. The summed E-state index contributed by atoms with van der Waals surface area (Å²) in [6, 6.07) is 14.5. The summed E-state index contributed by atoms with van der Waals surface area (Å²) >= 11 is 0. The Morgan fingerprint density at radius 1 is 1.04 bits per heavy atom. The van der Waals surface area contributed by atoms with E-state index in [4.69, 9.17) is 4.74 Å². The molecule has 136 valence electrons. The van der Waals surface area contributed by atoms with Gasteiger partial charge in [0, 0.05) is 11.8 Å². The standard InChI is InChI=1S/C19H17F2NO4/c1-13(18(24)22-15-5-3-2-4-6-15)25-17(23)12-9-14-7-10-16(11-8-14)26-19(20)21/h2-13,19H,1H3,(H,22,24)/b12-9+/t13-/m1/s1. The number of nitrogens with one attached hydrogen (secondary N) is 1. The fraction of sp³-hybridized carbons (Fsp3) is 0.158. The molecule has 7 heteroatoms. The fourth-order valence-corrected chi connectivity index (χ4v) is 1.96. The zero-order valence-electron chi connectivity index (χ0n) is 13.9. The Morgan fingerprint density at radius 3 is 2.31 bits per heavy atom. The van der Waals surface area contributed by atoms with Crippen molar-refractivity contribution in [3.63, 3.8) is 0 Å². The van der Waals surface area contributed by atoms with Gasteiger partial charge < -0.3 is 14.8 Å². The lowest BCUT2D eigenvalue weighted by Gasteiger charge is -2.12. The zero-order chi connectivity index (χ0) is 18.9. The minimum absolute atomic E-state index is 0.0194. The molecular weight excluding hydrogens is 344 g/mol. The number of amides is 1. The summed E-state index contributed by atoms with van der Waals surface area (Å²) in [5, 5.41) is 2.63. The molecule has 0 radical (unpaired) electrons. The van der Waals surface area contributed by atoms with Crippen LogP contribution >= 0.6 is 0 Å². The van der Waals surface area contributed by atoms with Gasteiger partial charge in [-0.3, -0.25) is 4.79 Å². The monoisotopic (exact) mass is 361 g/mol. The van der Waals surface area contributed by atoms with Crippen LogP contribution < -0.4 is 10.1 Å². The molecule has 0 aromatic heterocycles. The van der Waals surface area contributed by atoms with Gasteiger partial charge in [0.1, 0.15) is 5.75 Å². The van der Waals surface area contributed by atoms with Crippen molar-refractivity contribution >= 4 is 23.6 Å². The second kappa shape index (κ2) is 9.31. The number of halogens is 2. The first kappa shape index (κ1) is 19.1. The third-order valence-electron chi connectivity index (χ3n) is 3.22. The van der Waals surface area contributed by atoms with E-state index in [1.165, 1.54) is 37.3 Å². The molecule has 1 amide bonds. The number of carbonyl (C=O) groups excluding carboxylic acids is 2. The maximum absolute atomic E-state index is 12.1. The Bertz CT molecular complexity index is 761. The smallest absolute Gasteiger partial charge is 0.387 e. The Morgan fingerprint density at radius 2 is 1.69 bits per heavy atom. The van der Waals surface area contributed by atoms with Gasteiger partial charge in [-0.2, -0.15) is 8.78 Å². The van der Waals surface area contributed by atoms with Gasteiger partial charge in [0.05, 0.1) is 0 Å². The molecule has 26 heavy (non-hydrogen) atoms. The number of rotatable bonds is 7. The van der Waals surface area contributed by atoms with Crippen LogP contribution in [0.15, 0.2) is 60.7 Å². The normalized spacial score (nSPS) is 12.0. The van der Waals surface area contributed by atoms with Crippen LogP contribution in [0.2, 0.25) is 0 Å². The molecule has 2 aromatic rings. The number of hydrogen-bond donors (Lipinski definition) is 1. The molecule has 1 N–H and O–H groups in total. The van der Waals surface area contributed by atoms with E-state index in [-0.39, 0.29) is 5.75 Å². The number of benzene rings is 2. The Hall–Kier alpha value is -3.22. The first-order chi connectivity index (χ1) is 12.4. The number of esters is 1. The highest BCUT2D eigenvalue weighted by Gasteiger charge is 2.16. The maximum atomic E-state index is 12.1. The average molecular weight is 361 g/mol. The van der Waals surface area contributed by atoms with Crippen LogP contribution in [-0.4, -0.2) is 24.6 Å². The fourth-order valence-electron chi connectivity index (χ4n) is 1.96. The SMILES string of the molecule is C[C@@H](OC(=O)/C=C/c1ccc(OC(F)F)cc1)C(=O)Nc1ccccc1. The van der Waals surface area contributed by atoms with Crippen molar-refractivity contribution in [2.75, 3.05) is 5.32 Å². The van der Waals surface area contributed by atoms with Crippen molar-refractivity contribution in [1.29, 1.82) is 0 Å². The van der Waals surface area contributed by atoms with E-state index in [0.717, 1.165) is 6.08 Å². The van der Waals surface area contributed by atoms with E-state index in [1.54, 1.807) is 24.3 Å². The van der Waals surface area contributed by atoms with Gasteiger partial charge in [0.25, 0.3) is 5.91 Å². The zero-order valence-corrected chi connectivity index (χ0v) is 13.9. The molecule has 0 heterocycles. The summed E-state index contributed by atoms with van der Waals surface area (Å²) in [6.07, 6.45) is 1.61. The van der Waals surface area contributed by atoms with Crippen LogP contribution in [0.25, 0.3) is 6.08 Å². The van der Waals surface area contributed by atoms with Crippen LogP contribution in [0, 0.1) is 0 Å². The Labute approximate surface area is 149 Å². The van der Waals surface area contributed by atoms with Crippen LogP contribution in [0.1, 0.15) is 12.5 Å². The number of hydrogen-bond acceptors (Lipinski definition) is 4. The Balaban J connectivity index is 1.85. The van der Waals surface area contributed by atoms with Crippen LogP contribution in [0.5, 0.6) is 5.75 Å². The van der Waals surface area contributed by atoms with E-state index < -0.39 is 24.6 Å². The molecule has 0 aliphatic carbocycles. The molecule has 0 unspecified atom stereocenters. The number of carbonyl (C=O) groups is 2. The molecular formula is C19H17F2NO4. The molecule has 0 aliphatic heterocycles. The van der Waals surface area contributed by atoms with Gasteiger partial charge in [-0.25, -0.2) is 4.79 Å². The minimum atomic E-state index is -2.89. The van der Waals surface area contributed by atoms with Crippen molar-refractivity contribution in [3.05, 3.63) is 66.2 Å². The summed E-state index contributed by atoms with van der Waals surface area (Å²) in [6.45, 7) is -1.43. The largest absolute Gasteiger partial charge is 0.449 e. The summed E-state index contributed by atoms with van der Waals surface area (Å²) < 4.78 is 33.4. The average Bonchev–Trinajstić information content (AvgIpc) is 2.61. The molecule has 0 fully saturated rings. The number of alkyl halides is 2. The summed E-state index contributed by atoms with van der Waals surface area (Å²) in [4.78, 5) is 23.7. The molecule has 1 atom stereocenters. The lowest BCUT2D eigenvalue weighted by atomic mass is 10.2. The summed E-state index contributed by atoms with van der Waals surface area (Å²) in [5.74, 6) is -1.13. The first-order valence-corrected chi connectivity index (χ1v) is 7.73. The molecule has 0 saturated carbocycles. The van der Waals surface area contributed by atoms with E-state index in [1.807, 2.05) is 6.07 Å². The van der Waals surface area contributed by atoms with Crippen molar-refractivity contribution in [3.8, 4) is 5.75 Å². The van der Waals surface area contributed by atoms with Gasteiger partial charge in [-0.05, 0) is 42.8 Å². The predicted octanol–water partition coefficient (Wildman–Crippen LogP) is 3.87. The van der Waals surface area contributed by atoms with Gasteiger partial charge >= 0.3 is 12.6 Å². The van der Waals surface area contributed by atoms with E-state index in [9.17, 15) is 18.4 Å². The van der Waals surface area contributed by atoms with Crippen LogP contribution in [0.4, 0.5) is 14.5 Å². The minimum Gasteiger partial charge on any atom is -0.449 e. The molecule has 2 rings (SSSR count). The highest BCUT2D eigenvalue weighted by Crippen LogP contribution is 2.15. The summed E-state index contributed by atoms with van der Waals surface area (Å²) in [5.41, 5.74) is 1.19. The highest BCUT2D eigenvalue weighted by atomic mass is 19.3. The molecule has 5 nitrogen and oxygen atoms in total. The van der Waals surface area contributed by atoms with E-state index in [2.05, 4.69) is 10.1 Å². The van der Waals surface area contributed by atoms with Crippen molar-refractivity contribution in [2.24, 2.45) is 0 Å². The van der Waals surface area contributed by atoms with Gasteiger partial charge in [0.15, 0.2) is 6.10 Å². The second-order valence-electron chi connectivity index (χ2n) is 5.22. The number of anilines is 1. The highest BCUT2D eigenvalue weighted by molar-refractivity contribution is 5.96. The number of ether oxygens (including phenoxy) is 2. The quantitative estimate of drug-likeness (QED) is 0.601. The second-order valence-corrected chi connectivity index (χ2v) is 5.22. The van der Waals surface area contributed by atoms with Crippen molar-refractivity contribution < 1.29 is 27.8 Å². The first-order valence-electron chi connectivity index (χ1n) is 7.73. The third-order valence-corrected chi connectivity index (χ3v) is 3.22. The van der Waals surface area contributed by atoms with Crippen molar-refractivity contribution in [1.82, 2.24) is 0 Å². The molecule has 0 spiro atoms. The molecule has 2 aromatic carbocycles. The predicted molar refractivity (Wildman–Crippen MR) is 92.7 cm³/mol. The van der Waals surface area contributed by atoms with Gasteiger partial charge in [-0.1, -0.05) is 30.3 Å². The molecule has 0 aliphatic rings. The summed E-state index contributed by atoms with van der Waals surface area (Å²) in [7, 11) is 0. The van der Waals surface area contributed by atoms with Gasteiger partial charge in [-0.15, -0.1) is 0 Å². The van der Waals surface area contributed by atoms with Crippen molar-refractivity contribution in [2.45, 2.75) is 19.6 Å². The molecule has 0 saturated heterocycles.